The molecule has 1 N–H and O–H groups in total. The van der Waals surface area contributed by atoms with Crippen LogP contribution in [0.4, 0.5) is 0 Å². The van der Waals surface area contributed by atoms with Crippen molar-refractivity contribution in [2.24, 2.45) is 0 Å². The van der Waals surface area contributed by atoms with Gasteiger partial charge in [0.2, 0.25) is 5.91 Å². The normalized spacial score (nSPS) is 20.9. The van der Waals surface area contributed by atoms with E-state index in [4.69, 9.17) is 23.2 Å². The molecular weight excluding hydrogens is 457 g/mol. The molecule has 2 aromatic carbocycles. The molecule has 0 spiro atoms. The summed E-state index contributed by atoms with van der Waals surface area (Å²) in [6.45, 7) is 7.07. The van der Waals surface area contributed by atoms with Crippen LogP contribution in [0.5, 0.6) is 0 Å². The Balaban J connectivity index is 1.88. The van der Waals surface area contributed by atoms with Crippen LogP contribution in [0.15, 0.2) is 59.8 Å². The van der Waals surface area contributed by atoms with Crippen molar-refractivity contribution in [3.63, 3.8) is 0 Å². The number of rotatable bonds is 4. The first-order valence-corrected chi connectivity index (χ1v) is 12.0. The number of nitrogens with zero attached hydrogens (tertiary/aromatic N) is 2. The Labute approximate surface area is 205 Å². The number of benzene rings is 2. The van der Waals surface area contributed by atoms with Gasteiger partial charge in [0.15, 0.2) is 0 Å². The van der Waals surface area contributed by atoms with Gasteiger partial charge in [-0.05, 0) is 43.5 Å². The zero-order valence-electron chi connectivity index (χ0n) is 19.4. The third-order valence-corrected chi connectivity index (χ3v) is 7.68. The Bertz CT molecular complexity index is 1110. The minimum absolute atomic E-state index is 0.00418. The SMILES string of the molecule is CC[C@H](C(=O)N1CCNC2=C(C(=O)N(C)C2(C)C)C1c1ccc(Cl)c(Cl)c1)c1ccccc1. The number of hydrogen-bond acceptors (Lipinski definition) is 3. The predicted octanol–water partition coefficient (Wildman–Crippen LogP) is 5.16. The van der Waals surface area contributed by atoms with Gasteiger partial charge in [0, 0.05) is 25.8 Å². The summed E-state index contributed by atoms with van der Waals surface area (Å²) in [7, 11) is 1.80. The summed E-state index contributed by atoms with van der Waals surface area (Å²) in [5.41, 5.74) is 2.68. The largest absolute Gasteiger partial charge is 0.384 e. The van der Waals surface area contributed by atoms with E-state index < -0.39 is 11.6 Å². The predicted molar refractivity (Wildman–Crippen MR) is 132 cm³/mol. The summed E-state index contributed by atoms with van der Waals surface area (Å²) in [6.07, 6.45) is 0.659. The molecule has 0 aliphatic carbocycles. The van der Waals surface area contributed by atoms with Gasteiger partial charge < -0.3 is 15.1 Å². The maximum atomic E-state index is 14.0. The minimum Gasteiger partial charge on any atom is -0.384 e. The second kappa shape index (κ2) is 9.03. The van der Waals surface area contributed by atoms with Gasteiger partial charge in [-0.1, -0.05) is 66.5 Å². The molecule has 2 heterocycles. The summed E-state index contributed by atoms with van der Waals surface area (Å²) >= 11 is 12.6. The first kappa shape index (κ1) is 23.7. The number of nitrogens with one attached hydrogen (secondary N) is 1. The molecule has 33 heavy (non-hydrogen) atoms. The number of carbonyl (C=O) groups excluding carboxylic acids is 2. The number of hydrogen-bond donors (Lipinski definition) is 1. The van der Waals surface area contributed by atoms with E-state index in [0.717, 1.165) is 16.8 Å². The number of halogens is 2. The molecule has 5 nitrogen and oxygen atoms in total. The van der Waals surface area contributed by atoms with Gasteiger partial charge in [0.05, 0.1) is 33.1 Å². The lowest BCUT2D eigenvalue weighted by atomic mass is 9.90. The zero-order chi connectivity index (χ0) is 23.9. The fourth-order valence-corrected chi connectivity index (χ4v) is 5.20. The van der Waals surface area contributed by atoms with Crippen LogP contribution in [0.25, 0.3) is 0 Å². The monoisotopic (exact) mass is 485 g/mol. The van der Waals surface area contributed by atoms with E-state index in [1.807, 2.05) is 62.1 Å². The lowest BCUT2D eigenvalue weighted by Gasteiger charge is -2.35. The standard InChI is InChI=1S/C26H29Cl2N3O2/c1-5-18(16-9-7-6-8-10-16)24(32)31-14-13-29-23-21(25(33)30(4)26(23,2)3)22(31)17-11-12-19(27)20(28)15-17/h6-12,15,18,22,29H,5,13-14H2,1-4H3/t18-,22?/m0/s1. The van der Waals surface area contributed by atoms with Gasteiger partial charge in [-0.25, -0.2) is 0 Å². The van der Waals surface area contributed by atoms with Gasteiger partial charge in [-0.15, -0.1) is 0 Å². The molecule has 174 valence electrons. The van der Waals surface area contributed by atoms with Gasteiger partial charge in [0.1, 0.15) is 0 Å². The topological polar surface area (TPSA) is 52.7 Å². The van der Waals surface area contributed by atoms with Gasteiger partial charge >= 0.3 is 0 Å². The van der Waals surface area contributed by atoms with Crippen LogP contribution in [0.3, 0.4) is 0 Å². The Morgan fingerprint density at radius 1 is 1.15 bits per heavy atom. The summed E-state index contributed by atoms with van der Waals surface area (Å²) in [5, 5.41) is 4.30. The highest BCUT2D eigenvalue weighted by Gasteiger charge is 2.49. The van der Waals surface area contributed by atoms with Gasteiger partial charge in [-0.2, -0.15) is 0 Å². The average Bonchev–Trinajstić information content (AvgIpc) is 2.95. The van der Waals surface area contributed by atoms with Crippen molar-refractivity contribution in [1.82, 2.24) is 15.1 Å². The van der Waals surface area contributed by atoms with Gasteiger partial charge in [-0.3, -0.25) is 9.59 Å². The molecule has 7 heteroatoms. The van der Waals surface area contributed by atoms with Crippen molar-refractivity contribution in [3.8, 4) is 0 Å². The van der Waals surface area contributed by atoms with E-state index >= 15 is 0 Å². The zero-order valence-corrected chi connectivity index (χ0v) is 20.9. The van der Waals surface area contributed by atoms with Crippen LogP contribution in [0.1, 0.15) is 50.3 Å². The summed E-state index contributed by atoms with van der Waals surface area (Å²) in [4.78, 5) is 31.2. The molecule has 2 aromatic rings. The highest BCUT2D eigenvalue weighted by Crippen LogP contribution is 2.44. The van der Waals surface area contributed by atoms with E-state index in [0.29, 0.717) is 35.1 Å². The molecule has 0 fully saturated rings. The van der Waals surface area contributed by atoms with E-state index in [-0.39, 0.29) is 17.7 Å². The van der Waals surface area contributed by atoms with E-state index in [2.05, 4.69) is 5.32 Å². The van der Waals surface area contributed by atoms with Gasteiger partial charge in [0.25, 0.3) is 5.91 Å². The molecule has 1 unspecified atom stereocenters. The lowest BCUT2D eigenvalue weighted by molar-refractivity contribution is -0.135. The van der Waals surface area contributed by atoms with Crippen molar-refractivity contribution < 1.29 is 9.59 Å². The second-order valence-electron chi connectivity index (χ2n) is 9.12. The minimum atomic E-state index is -0.563. The first-order chi connectivity index (χ1) is 15.7. The van der Waals surface area contributed by atoms with E-state index in [9.17, 15) is 9.59 Å². The number of carbonyl (C=O) groups is 2. The molecule has 0 aromatic heterocycles. The number of amides is 2. The smallest absolute Gasteiger partial charge is 0.254 e. The van der Waals surface area contributed by atoms with Crippen LogP contribution in [-0.2, 0) is 9.59 Å². The Kier molecular flexibility index (Phi) is 6.47. The summed E-state index contributed by atoms with van der Waals surface area (Å²) < 4.78 is 0. The second-order valence-corrected chi connectivity index (χ2v) is 9.93. The Hall–Kier alpha value is -2.50. The molecular formula is C26H29Cl2N3O2. The van der Waals surface area contributed by atoms with Crippen LogP contribution in [-0.4, -0.2) is 47.3 Å². The third-order valence-electron chi connectivity index (χ3n) is 6.95. The summed E-state index contributed by atoms with van der Waals surface area (Å²) in [6, 6.07) is 14.6. The van der Waals surface area contributed by atoms with Crippen LogP contribution < -0.4 is 5.32 Å². The third kappa shape index (κ3) is 4.02. The molecule has 2 aliphatic rings. The van der Waals surface area contributed by atoms with Crippen LogP contribution >= 0.6 is 23.2 Å². The van der Waals surface area contributed by atoms with Crippen molar-refractivity contribution in [2.45, 2.75) is 44.7 Å². The molecule has 2 atom stereocenters. The fraction of sp³-hybridized carbons (Fsp3) is 0.385. The van der Waals surface area contributed by atoms with Crippen LogP contribution in [0.2, 0.25) is 10.0 Å². The van der Waals surface area contributed by atoms with Crippen molar-refractivity contribution in [1.29, 1.82) is 0 Å². The van der Waals surface area contributed by atoms with Crippen LogP contribution in [0, 0.1) is 0 Å². The first-order valence-electron chi connectivity index (χ1n) is 11.3. The molecule has 2 amide bonds. The highest BCUT2D eigenvalue weighted by molar-refractivity contribution is 6.42. The maximum absolute atomic E-state index is 14.0. The van der Waals surface area contributed by atoms with Crippen molar-refractivity contribution >= 4 is 35.0 Å². The fourth-order valence-electron chi connectivity index (χ4n) is 4.90. The Morgan fingerprint density at radius 2 is 1.85 bits per heavy atom. The van der Waals surface area contributed by atoms with Crippen molar-refractivity contribution in [3.05, 3.63) is 81.0 Å². The quantitative estimate of drug-likeness (QED) is 0.649. The average molecular weight is 486 g/mol. The highest BCUT2D eigenvalue weighted by atomic mass is 35.5. The lowest BCUT2D eigenvalue weighted by Crippen LogP contribution is -2.46. The van der Waals surface area contributed by atoms with E-state index in [1.165, 1.54) is 0 Å². The molecule has 0 radical (unpaired) electrons. The van der Waals surface area contributed by atoms with E-state index in [1.54, 1.807) is 24.1 Å². The molecule has 0 saturated carbocycles. The Morgan fingerprint density at radius 3 is 2.48 bits per heavy atom. The molecule has 0 saturated heterocycles. The summed E-state index contributed by atoms with van der Waals surface area (Å²) in [5.74, 6) is -0.401. The number of likely N-dealkylation sites (N-methyl/N-ethyl adjacent to an activating group) is 1. The van der Waals surface area contributed by atoms with Crippen molar-refractivity contribution in [2.75, 3.05) is 20.1 Å². The molecule has 4 rings (SSSR count). The molecule has 2 aliphatic heterocycles. The maximum Gasteiger partial charge on any atom is 0.254 e. The molecule has 0 bridgehead atoms.